The van der Waals surface area contributed by atoms with E-state index in [1.54, 1.807) is 12.4 Å². The summed E-state index contributed by atoms with van der Waals surface area (Å²) in [7, 11) is 0. The van der Waals surface area contributed by atoms with Gasteiger partial charge in [-0.3, -0.25) is 0 Å². The van der Waals surface area contributed by atoms with Crippen LogP contribution in [0.25, 0.3) is 22.4 Å². The van der Waals surface area contributed by atoms with Crippen molar-refractivity contribution < 1.29 is 9.15 Å². The van der Waals surface area contributed by atoms with Gasteiger partial charge in [-0.15, -0.1) is 6.42 Å². The first-order valence-corrected chi connectivity index (χ1v) is 8.63. The number of hydrogen-bond acceptors (Lipinski definition) is 7. The Labute approximate surface area is 161 Å². The highest BCUT2D eigenvalue weighted by Gasteiger charge is 2.09. The minimum atomic E-state index is 0.401. The minimum absolute atomic E-state index is 0.401. The molecule has 0 atom stereocenters. The van der Waals surface area contributed by atoms with Crippen LogP contribution in [0.15, 0.2) is 59.5 Å². The van der Waals surface area contributed by atoms with Gasteiger partial charge in [0, 0.05) is 41.0 Å². The molecule has 3 N–H and O–H groups in total. The molecule has 0 radical (unpaired) electrons. The zero-order valence-corrected chi connectivity index (χ0v) is 14.9. The molecule has 0 saturated carbocycles. The van der Waals surface area contributed by atoms with Gasteiger partial charge < -0.3 is 20.2 Å². The second-order valence-corrected chi connectivity index (χ2v) is 5.96. The number of nitrogens with zero attached hydrogens (tertiary/aromatic N) is 3. The van der Waals surface area contributed by atoms with E-state index < -0.39 is 0 Å². The molecule has 7 nitrogen and oxygen atoms in total. The molecule has 0 aliphatic carbocycles. The van der Waals surface area contributed by atoms with Crippen molar-refractivity contribution in [2.24, 2.45) is 5.73 Å². The molecule has 0 unspecified atom stereocenters. The molecule has 2 aromatic heterocycles. The number of ether oxygens (including phenoxy) is 1. The van der Waals surface area contributed by atoms with E-state index in [-0.39, 0.29) is 0 Å². The van der Waals surface area contributed by atoms with Gasteiger partial charge in [0.2, 0.25) is 11.8 Å². The van der Waals surface area contributed by atoms with Crippen LogP contribution >= 0.6 is 0 Å². The van der Waals surface area contributed by atoms with E-state index in [4.69, 9.17) is 21.3 Å². The first-order chi connectivity index (χ1) is 13.7. The lowest BCUT2D eigenvalue weighted by Crippen LogP contribution is -2.10. The Bertz CT molecular complexity index is 1150. The van der Waals surface area contributed by atoms with Gasteiger partial charge in [-0.1, -0.05) is 5.92 Å². The lowest BCUT2D eigenvalue weighted by Gasteiger charge is -2.11. The predicted molar refractivity (Wildman–Crippen MR) is 107 cm³/mol. The number of hydrogen-bond donors (Lipinski definition) is 2. The van der Waals surface area contributed by atoms with Crippen LogP contribution in [-0.4, -0.2) is 28.1 Å². The van der Waals surface area contributed by atoms with Gasteiger partial charge in [-0.25, -0.2) is 15.0 Å². The predicted octanol–water partition coefficient (Wildman–Crippen LogP) is 3.35. The van der Waals surface area contributed by atoms with Crippen LogP contribution < -0.4 is 15.8 Å². The number of benzene rings is 2. The van der Waals surface area contributed by atoms with Crippen molar-refractivity contribution in [2.45, 2.75) is 0 Å². The molecule has 28 heavy (non-hydrogen) atoms. The summed E-state index contributed by atoms with van der Waals surface area (Å²) >= 11 is 0. The fourth-order valence-electron chi connectivity index (χ4n) is 2.73. The highest BCUT2D eigenvalue weighted by atomic mass is 16.5. The third kappa shape index (κ3) is 3.77. The van der Waals surface area contributed by atoms with Gasteiger partial charge in [-0.2, -0.15) is 0 Å². The number of nitrogens with one attached hydrogen (secondary N) is 1. The van der Waals surface area contributed by atoms with Crippen LogP contribution in [0.3, 0.4) is 0 Å². The van der Waals surface area contributed by atoms with E-state index in [1.165, 1.54) is 6.26 Å². The van der Waals surface area contributed by atoms with Gasteiger partial charge >= 0.3 is 0 Å². The molecule has 7 heteroatoms. The van der Waals surface area contributed by atoms with Crippen LogP contribution in [0.2, 0.25) is 0 Å². The Morgan fingerprint density at radius 3 is 2.89 bits per heavy atom. The van der Waals surface area contributed by atoms with Gasteiger partial charge in [-0.05, 0) is 30.3 Å². The Morgan fingerprint density at radius 1 is 1.18 bits per heavy atom. The Balaban J connectivity index is 1.67. The summed E-state index contributed by atoms with van der Waals surface area (Å²) in [5, 5.41) is 4.08. The molecule has 4 rings (SSSR count). The molecule has 0 fully saturated rings. The quantitative estimate of drug-likeness (QED) is 0.501. The van der Waals surface area contributed by atoms with Crippen LogP contribution in [0.5, 0.6) is 5.75 Å². The molecule has 2 heterocycles. The fourth-order valence-corrected chi connectivity index (χ4v) is 2.73. The summed E-state index contributed by atoms with van der Waals surface area (Å²) in [5.41, 5.74) is 8.62. The van der Waals surface area contributed by atoms with Gasteiger partial charge in [0.05, 0.1) is 11.7 Å². The van der Waals surface area contributed by atoms with E-state index in [0.717, 1.165) is 27.7 Å². The first kappa shape index (κ1) is 17.5. The molecule has 0 amide bonds. The highest BCUT2D eigenvalue weighted by Crippen LogP contribution is 2.29. The standard InChI is InChI=1S/C21H17N5O2/c1-2-14-3-4-19-16(9-14)13-24-21(26-19)25-17-10-15(20-23-6-8-28-20)11-18(12-17)27-7-5-22/h1,3-4,6,8-13H,5,7,22H2,(H,24,25,26). The van der Waals surface area contributed by atoms with Crippen molar-refractivity contribution in [3.63, 3.8) is 0 Å². The summed E-state index contributed by atoms with van der Waals surface area (Å²) in [5.74, 6) is 4.19. The number of aromatic nitrogens is 3. The summed E-state index contributed by atoms with van der Waals surface area (Å²) in [6.45, 7) is 0.817. The van der Waals surface area contributed by atoms with Crippen LogP contribution in [0.4, 0.5) is 11.6 Å². The monoisotopic (exact) mass is 371 g/mol. The summed E-state index contributed by atoms with van der Waals surface area (Å²) in [6, 6.07) is 11.2. The Hall–Kier alpha value is -3.89. The molecule has 0 aliphatic rings. The Kier molecular flexibility index (Phi) is 4.87. The van der Waals surface area contributed by atoms with Crippen LogP contribution in [0.1, 0.15) is 5.56 Å². The third-order valence-electron chi connectivity index (χ3n) is 3.97. The average molecular weight is 371 g/mol. The van der Waals surface area contributed by atoms with Gasteiger partial charge in [0.1, 0.15) is 18.6 Å². The molecular weight excluding hydrogens is 354 g/mol. The number of nitrogens with two attached hydrogens (primary N) is 1. The third-order valence-corrected chi connectivity index (χ3v) is 3.97. The summed E-state index contributed by atoms with van der Waals surface area (Å²) < 4.78 is 11.1. The van der Waals surface area contributed by atoms with Crippen LogP contribution in [0, 0.1) is 12.3 Å². The van der Waals surface area contributed by atoms with E-state index in [0.29, 0.717) is 30.7 Å². The van der Waals surface area contributed by atoms with Crippen LogP contribution in [-0.2, 0) is 0 Å². The first-order valence-electron chi connectivity index (χ1n) is 8.63. The number of rotatable bonds is 6. The number of fused-ring (bicyclic) bond motifs is 1. The van der Waals surface area contributed by atoms with Crippen molar-refractivity contribution in [2.75, 3.05) is 18.5 Å². The molecule has 0 spiro atoms. The molecular formula is C21H17N5O2. The molecule has 2 aromatic carbocycles. The van der Waals surface area contributed by atoms with Crippen molar-refractivity contribution in [1.82, 2.24) is 15.0 Å². The Morgan fingerprint density at radius 2 is 2.11 bits per heavy atom. The molecule has 138 valence electrons. The van der Waals surface area contributed by atoms with Gasteiger partial charge in [0.25, 0.3) is 0 Å². The highest BCUT2D eigenvalue weighted by molar-refractivity contribution is 5.81. The van der Waals surface area contributed by atoms with E-state index in [1.807, 2.05) is 36.4 Å². The zero-order valence-electron chi connectivity index (χ0n) is 14.9. The molecule has 0 saturated heterocycles. The largest absolute Gasteiger partial charge is 0.492 e. The maximum atomic E-state index is 5.67. The second kappa shape index (κ2) is 7.78. The van der Waals surface area contributed by atoms with Crippen molar-refractivity contribution >= 4 is 22.5 Å². The van der Waals surface area contributed by atoms with Crippen molar-refractivity contribution in [3.8, 4) is 29.5 Å². The maximum Gasteiger partial charge on any atom is 0.227 e. The average Bonchev–Trinajstić information content (AvgIpc) is 3.27. The zero-order chi connectivity index (χ0) is 19.3. The second-order valence-electron chi connectivity index (χ2n) is 5.96. The fraction of sp³-hybridized carbons (Fsp3) is 0.0952. The normalized spacial score (nSPS) is 10.6. The topological polar surface area (TPSA) is 99.1 Å². The lowest BCUT2D eigenvalue weighted by molar-refractivity contribution is 0.328. The minimum Gasteiger partial charge on any atom is -0.492 e. The molecule has 4 aromatic rings. The lowest BCUT2D eigenvalue weighted by atomic mass is 10.1. The summed E-state index contributed by atoms with van der Waals surface area (Å²) in [6.07, 6.45) is 10.3. The van der Waals surface area contributed by atoms with E-state index in [2.05, 4.69) is 26.2 Å². The smallest absolute Gasteiger partial charge is 0.227 e. The van der Waals surface area contributed by atoms with Crippen molar-refractivity contribution in [1.29, 1.82) is 0 Å². The number of oxazole rings is 1. The SMILES string of the molecule is C#Cc1ccc2nc(Nc3cc(OCCN)cc(-c4ncco4)c3)ncc2c1. The summed E-state index contributed by atoms with van der Waals surface area (Å²) in [4.78, 5) is 13.1. The number of anilines is 2. The van der Waals surface area contributed by atoms with Crippen molar-refractivity contribution in [3.05, 3.63) is 60.6 Å². The number of terminal acetylenes is 1. The van der Waals surface area contributed by atoms with Gasteiger partial charge in [0.15, 0.2) is 0 Å². The van der Waals surface area contributed by atoms with E-state index >= 15 is 0 Å². The molecule has 0 aliphatic heterocycles. The van der Waals surface area contributed by atoms with E-state index in [9.17, 15) is 0 Å². The maximum absolute atomic E-state index is 5.67. The molecule has 0 bridgehead atoms.